The number of anilines is 2. The molecular formula is C17H19ClN2O. The highest BCUT2D eigenvalue weighted by Crippen LogP contribution is 2.38. The van der Waals surface area contributed by atoms with E-state index in [-0.39, 0.29) is 6.61 Å². The molecule has 0 bridgehead atoms. The summed E-state index contributed by atoms with van der Waals surface area (Å²) in [6.07, 6.45) is 2.60. The molecule has 0 amide bonds. The molecule has 0 unspecified atom stereocenters. The Bertz CT molecular complexity index is 653. The van der Waals surface area contributed by atoms with Crippen LogP contribution in [0.2, 0.25) is 5.02 Å². The van der Waals surface area contributed by atoms with E-state index in [4.69, 9.17) is 17.3 Å². The van der Waals surface area contributed by atoms with Gasteiger partial charge in [-0.25, -0.2) is 0 Å². The second-order valence-electron chi connectivity index (χ2n) is 5.57. The van der Waals surface area contributed by atoms with Crippen molar-refractivity contribution in [2.24, 2.45) is 5.92 Å². The first-order valence-electron chi connectivity index (χ1n) is 7.21. The Hall–Kier alpha value is -1.71. The smallest absolute Gasteiger partial charge is 0.0745 e. The van der Waals surface area contributed by atoms with Gasteiger partial charge in [0.05, 0.1) is 23.0 Å². The maximum absolute atomic E-state index is 9.24. The molecule has 1 fully saturated rings. The topological polar surface area (TPSA) is 58.3 Å². The van der Waals surface area contributed by atoms with Crippen molar-refractivity contribution < 1.29 is 5.11 Å². The summed E-state index contributed by atoms with van der Waals surface area (Å²) in [5.74, 6) is 0.782. The Morgan fingerprint density at radius 1 is 1.24 bits per heavy atom. The number of nitrogens with one attached hydrogen (secondary N) is 1. The summed E-state index contributed by atoms with van der Waals surface area (Å²) in [5.41, 5.74) is 10.4. The fraction of sp³-hybridized carbons (Fsp3) is 0.294. The van der Waals surface area contributed by atoms with Crippen LogP contribution in [0.5, 0.6) is 0 Å². The van der Waals surface area contributed by atoms with E-state index in [1.54, 1.807) is 0 Å². The van der Waals surface area contributed by atoms with E-state index in [1.165, 1.54) is 12.8 Å². The fourth-order valence-electron chi connectivity index (χ4n) is 2.38. The molecule has 0 atom stereocenters. The van der Waals surface area contributed by atoms with Gasteiger partial charge in [0.25, 0.3) is 0 Å². The van der Waals surface area contributed by atoms with E-state index in [0.717, 1.165) is 34.8 Å². The summed E-state index contributed by atoms with van der Waals surface area (Å²) < 4.78 is 0. The van der Waals surface area contributed by atoms with E-state index < -0.39 is 0 Å². The van der Waals surface area contributed by atoms with Gasteiger partial charge in [-0.2, -0.15) is 0 Å². The lowest BCUT2D eigenvalue weighted by Gasteiger charge is -2.14. The third kappa shape index (κ3) is 3.14. The molecule has 0 aromatic heterocycles. The van der Waals surface area contributed by atoms with Crippen molar-refractivity contribution >= 4 is 23.0 Å². The van der Waals surface area contributed by atoms with Crippen LogP contribution in [0, 0.1) is 5.92 Å². The summed E-state index contributed by atoms with van der Waals surface area (Å²) >= 11 is 6.43. The van der Waals surface area contributed by atoms with Gasteiger partial charge in [0, 0.05) is 12.1 Å². The van der Waals surface area contributed by atoms with Crippen molar-refractivity contribution in [2.75, 3.05) is 17.6 Å². The van der Waals surface area contributed by atoms with Gasteiger partial charge in [-0.15, -0.1) is 0 Å². The molecule has 4 N–H and O–H groups in total. The maximum atomic E-state index is 9.24. The van der Waals surface area contributed by atoms with Crippen LogP contribution in [0.3, 0.4) is 0 Å². The molecule has 4 heteroatoms. The lowest BCUT2D eigenvalue weighted by atomic mass is 10.0. The van der Waals surface area contributed by atoms with Crippen molar-refractivity contribution in [2.45, 2.75) is 19.4 Å². The summed E-state index contributed by atoms with van der Waals surface area (Å²) in [6, 6.07) is 11.6. The van der Waals surface area contributed by atoms with Crippen molar-refractivity contribution in [3.63, 3.8) is 0 Å². The molecule has 110 valence electrons. The molecule has 1 aliphatic rings. The zero-order valence-electron chi connectivity index (χ0n) is 11.8. The first-order chi connectivity index (χ1) is 10.2. The van der Waals surface area contributed by atoms with Crippen LogP contribution in [0.25, 0.3) is 11.1 Å². The molecule has 0 saturated heterocycles. The van der Waals surface area contributed by atoms with Crippen LogP contribution in [0.1, 0.15) is 18.4 Å². The van der Waals surface area contributed by atoms with Gasteiger partial charge >= 0.3 is 0 Å². The Labute approximate surface area is 129 Å². The van der Waals surface area contributed by atoms with Gasteiger partial charge in [-0.1, -0.05) is 35.9 Å². The zero-order valence-corrected chi connectivity index (χ0v) is 12.5. The number of nitrogen functional groups attached to an aromatic ring is 1. The molecule has 0 radical (unpaired) electrons. The van der Waals surface area contributed by atoms with Gasteiger partial charge in [0.1, 0.15) is 0 Å². The Morgan fingerprint density at radius 3 is 2.76 bits per heavy atom. The highest BCUT2D eigenvalue weighted by atomic mass is 35.5. The molecular weight excluding hydrogens is 284 g/mol. The number of benzene rings is 2. The number of halogens is 1. The van der Waals surface area contributed by atoms with E-state index >= 15 is 0 Å². The number of hydrogen-bond donors (Lipinski definition) is 3. The lowest BCUT2D eigenvalue weighted by molar-refractivity contribution is 0.282. The third-order valence-electron chi connectivity index (χ3n) is 3.88. The number of hydrogen-bond acceptors (Lipinski definition) is 3. The normalized spacial score (nSPS) is 14.2. The summed E-state index contributed by atoms with van der Waals surface area (Å²) in [4.78, 5) is 0. The minimum Gasteiger partial charge on any atom is -0.396 e. The lowest BCUT2D eigenvalue weighted by Crippen LogP contribution is -2.06. The maximum Gasteiger partial charge on any atom is 0.0745 e. The molecule has 0 spiro atoms. The van der Waals surface area contributed by atoms with Crippen LogP contribution < -0.4 is 11.1 Å². The number of nitrogens with two attached hydrogens (primary N) is 1. The van der Waals surface area contributed by atoms with Crippen molar-refractivity contribution in [3.05, 3.63) is 47.0 Å². The van der Waals surface area contributed by atoms with Crippen molar-refractivity contribution in [3.8, 4) is 11.1 Å². The third-order valence-corrected chi connectivity index (χ3v) is 4.29. The van der Waals surface area contributed by atoms with Gasteiger partial charge in [-0.05, 0) is 42.0 Å². The molecule has 2 aromatic carbocycles. The van der Waals surface area contributed by atoms with E-state index in [9.17, 15) is 5.11 Å². The van der Waals surface area contributed by atoms with Gasteiger partial charge in [-0.3, -0.25) is 0 Å². The van der Waals surface area contributed by atoms with Crippen LogP contribution in [-0.4, -0.2) is 11.7 Å². The molecule has 3 nitrogen and oxygen atoms in total. The molecule has 0 heterocycles. The average molecular weight is 303 g/mol. The van der Waals surface area contributed by atoms with Crippen LogP contribution in [-0.2, 0) is 6.61 Å². The van der Waals surface area contributed by atoms with Crippen molar-refractivity contribution in [1.82, 2.24) is 0 Å². The van der Waals surface area contributed by atoms with Crippen LogP contribution in [0.15, 0.2) is 36.4 Å². The van der Waals surface area contributed by atoms with Crippen LogP contribution in [0.4, 0.5) is 11.4 Å². The largest absolute Gasteiger partial charge is 0.396 e. The molecule has 3 rings (SSSR count). The number of aliphatic hydroxyl groups excluding tert-OH is 1. The zero-order chi connectivity index (χ0) is 14.8. The fourth-order valence-corrected chi connectivity index (χ4v) is 2.66. The molecule has 21 heavy (non-hydrogen) atoms. The number of aliphatic hydroxyl groups is 1. The highest BCUT2D eigenvalue weighted by molar-refractivity contribution is 6.36. The first-order valence-corrected chi connectivity index (χ1v) is 7.59. The standard InChI is InChI=1S/C17H19ClN2O/c18-16-14(13-3-1-2-12(8-13)10-21)6-7-15(17(16)19)20-9-11-4-5-11/h1-3,6-8,11,20-21H,4-5,9-10,19H2. The molecule has 1 saturated carbocycles. The summed E-state index contributed by atoms with van der Waals surface area (Å²) in [6.45, 7) is 0.974. The van der Waals surface area contributed by atoms with Gasteiger partial charge in [0.2, 0.25) is 0 Å². The number of rotatable bonds is 5. The SMILES string of the molecule is Nc1c(NCC2CC2)ccc(-c2cccc(CO)c2)c1Cl. The van der Waals surface area contributed by atoms with E-state index in [0.29, 0.717) is 10.7 Å². The first kappa shape index (κ1) is 14.2. The van der Waals surface area contributed by atoms with E-state index in [2.05, 4.69) is 5.32 Å². The predicted molar refractivity (Wildman–Crippen MR) is 88.4 cm³/mol. The van der Waals surface area contributed by atoms with Gasteiger partial charge < -0.3 is 16.2 Å². The summed E-state index contributed by atoms with van der Waals surface area (Å²) in [5, 5.41) is 13.2. The van der Waals surface area contributed by atoms with Crippen molar-refractivity contribution in [1.29, 1.82) is 0 Å². The monoisotopic (exact) mass is 302 g/mol. The second-order valence-corrected chi connectivity index (χ2v) is 5.95. The Morgan fingerprint density at radius 2 is 2.05 bits per heavy atom. The average Bonchev–Trinajstić information content (AvgIpc) is 3.33. The van der Waals surface area contributed by atoms with E-state index in [1.807, 2.05) is 36.4 Å². The van der Waals surface area contributed by atoms with Crippen LogP contribution >= 0.6 is 11.6 Å². The second kappa shape index (κ2) is 5.96. The minimum atomic E-state index is 0.0158. The molecule has 2 aromatic rings. The predicted octanol–water partition coefficient (Wildman–Crippen LogP) is 3.90. The summed E-state index contributed by atoms with van der Waals surface area (Å²) in [7, 11) is 0. The molecule has 0 aliphatic heterocycles. The quantitative estimate of drug-likeness (QED) is 0.734. The van der Waals surface area contributed by atoms with Gasteiger partial charge in [0.15, 0.2) is 0 Å². The minimum absolute atomic E-state index is 0.0158. The highest BCUT2D eigenvalue weighted by Gasteiger charge is 2.21. The molecule has 1 aliphatic carbocycles. The Balaban J connectivity index is 1.89. The Kier molecular flexibility index (Phi) is 4.04.